The molecule has 7 heteroatoms. The van der Waals surface area contributed by atoms with Gasteiger partial charge in [-0.25, -0.2) is 9.97 Å². The predicted molar refractivity (Wildman–Crippen MR) is 84.3 cm³/mol. The lowest BCUT2D eigenvalue weighted by Crippen LogP contribution is -2.59. The topological polar surface area (TPSA) is 56.7 Å². The lowest BCUT2D eigenvalue weighted by atomic mass is 9.49. The summed E-state index contributed by atoms with van der Waals surface area (Å²) >= 11 is 0. The van der Waals surface area contributed by atoms with Gasteiger partial charge in [0.2, 0.25) is 0 Å². The van der Waals surface area contributed by atoms with Gasteiger partial charge in [0.25, 0.3) is 0 Å². The predicted octanol–water partition coefficient (Wildman–Crippen LogP) is 4.18. The number of alkyl halides is 3. The van der Waals surface area contributed by atoms with Crippen LogP contribution < -0.4 is 5.73 Å². The van der Waals surface area contributed by atoms with Gasteiger partial charge in [-0.05, 0) is 31.2 Å². The first kappa shape index (κ1) is 15.5. The number of imidazole rings is 1. The van der Waals surface area contributed by atoms with Gasteiger partial charge in [-0.15, -0.1) is 0 Å². The Morgan fingerprint density at radius 2 is 1.96 bits per heavy atom. The van der Waals surface area contributed by atoms with Crippen LogP contribution in [0.15, 0.2) is 18.5 Å². The molecule has 0 aliphatic heterocycles. The van der Waals surface area contributed by atoms with Crippen molar-refractivity contribution in [2.24, 2.45) is 5.92 Å². The van der Waals surface area contributed by atoms with Gasteiger partial charge in [0.05, 0.1) is 11.3 Å². The van der Waals surface area contributed by atoms with Gasteiger partial charge in [-0.1, -0.05) is 13.8 Å². The van der Waals surface area contributed by atoms with Crippen LogP contribution in [0.4, 0.5) is 19.0 Å². The highest BCUT2D eigenvalue weighted by Crippen LogP contribution is 2.63. The van der Waals surface area contributed by atoms with Gasteiger partial charge in [0.15, 0.2) is 0 Å². The standard InChI is InChI=1S/C17H19F3N4/c1-9(2)15-23-13(8-24(15)16-4-10(5-16)6-16)11-3-12(17(18,19)20)14(21)22-7-11/h3,7-10H,4-6H2,1-2H3,(H2,21,22). The van der Waals surface area contributed by atoms with Gasteiger partial charge < -0.3 is 10.3 Å². The van der Waals surface area contributed by atoms with Crippen LogP contribution in [0.1, 0.15) is 50.4 Å². The van der Waals surface area contributed by atoms with Crippen molar-refractivity contribution in [1.29, 1.82) is 0 Å². The summed E-state index contributed by atoms with van der Waals surface area (Å²) in [5, 5.41) is 0. The van der Waals surface area contributed by atoms with E-state index in [1.54, 1.807) is 0 Å². The molecule has 0 saturated heterocycles. The van der Waals surface area contributed by atoms with E-state index in [1.165, 1.54) is 6.20 Å². The average molecular weight is 336 g/mol. The Morgan fingerprint density at radius 3 is 2.46 bits per heavy atom. The van der Waals surface area contributed by atoms with Gasteiger partial charge >= 0.3 is 6.18 Å². The molecule has 0 spiro atoms. The third-order valence-electron chi connectivity index (χ3n) is 5.29. The number of hydrogen-bond acceptors (Lipinski definition) is 3. The fraction of sp³-hybridized carbons (Fsp3) is 0.529. The van der Waals surface area contributed by atoms with Crippen molar-refractivity contribution in [3.63, 3.8) is 0 Å². The lowest BCUT2D eigenvalue weighted by Gasteiger charge is -2.62. The Hall–Kier alpha value is -2.05. The van der Waals surface area contributed by atoms with Crippen molar-refractivity contribution in [3.05, 3.63) is 29.8 Å². The molecular formula is C17H19F3N4. The van der Waals surface area contributed by atoms with Crippen LogP contribution in [0, 0.1) is 5.92 Å². The van der Waals surface area contributed by atoms with E-state index in [2.05, 4.69) is 28.4 Å². The van der Waals surface area contributed by atoms with Gasteiger partial charge in [0, 0.05) is 29.4 Å². The van der Waals surface area contributed by atoms with Crippen molar-refractivity contribution in [2.45, 2.75) is 50.7 Å². The number of hydrogen-bond donors (Lipinski definition) is 1. The molecule has 128 valence electrons. The highest BCUT2D eigenvalue weighted by atomic mass is 19.4. The molecule has 2 N–H and O–H groups in total. The second kappa shape index (κ2) is 4.74. The summed E-state index contributed by atoms with van der Waals surface area (Å²) in [5.74, 6) is 1.44. The Balaban J connectivity index is 1.79. The second-order valence-electron chi connectivity index (χ2n) is 7.37. The molecular weight excluding hydrogens is 317 g/mol. The van der Waals surface area contributed by atoms with Gasteiger partial charge in [-0.3, -0.25) is 0 Å². The molecule has 3 fully saturated rings. The third kappa shape index (κ3) is 2.13. The summed E-state index contributed by atoms with van der Waals surface area (Å²) in [6, 6.07) is 1.04. The minimum atomic E-state index is -4.52. The molecule has 0 atom stereocenters. The van der Waals surface area contributed by atoms with Crippen LogP contribution in [0.2, 0.25) is 0 Å². The summed E-state index contributed by atoms with van der Waals surface area (Å²) < 4.78 is 41.4. The van der Waals surface area contributed by atoms with Gasteiger partial charge in [0.1, 0.15) is 11.6 Å². The highest BCUT2D eigenvalue weighted by molar-refractivity contribution is 5.62. The fourth-order valence-electron chi connectivity index (χ4n) is 3.89. The second-order valence-corrected chi connectivity index (χ2v) is 7.37. The average Bonchev–Trinajstić information content (AvgIpc) is 2.79. The number of pyridine rings is 1. The van der Waals surface area contributed by atoms with E-state index >= 15 is 0 Å². The zero-order valence-electron chi connectivity index (χ0n) is 13.6. The molecule has 5 rings (SSSR count). The Bertz CT molecular complexity index is 790. The Morgan fingerprint density at radius 1 is 1.29 bits per heavy atom. The van der Waals surface area contributed by atoms with Crippen molar-refractivity contribution in [2.75, 3.05) is 5.73 Å². The fourth-order valence-corrected chi connectivity index (χ4v) is 3.89. The van der Waals surface area contributed by atoms with E-state index in [4.69, 9.17) is 5.73 Å². The van der Waals surface area contributed by atoms with Crippen molar-refractivity contribution in [3.8, 4) is 11.3 Å². The number of nitrogen functional groups attached to an aromatic ring is 1. The minimum Gasteiger partial charge on any atom is -0.383 e. The summed E-state index contributed by atoms with van der Waals surface area (Å²) in [5.41, 5.74) is 5.50. The molecule has 0 radical (unpaired) electrons. The number of halogens is 3. The van der Waals surface area contributed by atoms with Crippen LogP contribution in [-0.4, -0.2) is 14.5 Å². The summed E-state index contributed by atoms with van der Waals surface area (Å²) in [7, 11) is 0. The molecule has 2 aromatic rings. The maximum absolute atomic E-state index is 13.1. The van der Waals surface area contributed by atoms with Crippen molar-refractivity contribution >= 4 is 5.82 Å². The number of aromatic nitrogens is 3. The Labute approximate surface area is 137 Å². The maximum atomic E-state index is 13.1. The van der Waals surface area contributed by atoms with E-state index in [9.17, 15) is 13.2 Å². The summed E-state index contributed by atoms with van der Waals surface area (Å²) in [6.45, 7) is 4.10. The quantitative estimate of drug-likeness (QED) is 0.915. The molecule has 3 saturated carbocycles. The van der Waals surface area contributed by atoms with E-state index in [-0.39, 0.29) is 11.5 Å². The van der Waals surface area contributed by atoms with E-state index in [1.807, 2.05) is 6.20 Å². The number of nitrogens with two attached hydrogens (primary N) is 1. The molecule has 0 aromatic carbocycles. The first-order chi connectivity index (χ1) is 11.2. The van der Waals surface area contributed by atoms with Crippen LogP contribution in [0.25, 0.3) is 11.3 Å². The molecule has 0 unspecified atom stereocenters. The smallest absolute Gasteiger partial charge is 0.383 e. The first-order valence-corrected chi connectivity index (χ1v) is 8.12. The van der Waals surface area contributed by atoms with Crippen LogP contribution >= 0.6 is 0 Å². The van der Waals surface area contributed by atoms with Crippen LogP contribution in [0.3, 0.4) is 0 Å². The molecule has 3 aliphatic carbocycles. The molecule has 0 amide bonds. The van der Waals surface area contributed by atoms with Crippen LogP contribution in [-0.2, 0) is 11.7 Å². The molecule has 3 aliphatic rings. The Kier molecular flexibility index (Phi) is 3.06. The number of anilines is 1. The largest absolute Gasteiger partial charge is 0.419 e. The molecule has 2 aromatic heterocycles. The van der Waals surface area contributed by atoms with E-state index < -0.39 is 17.6 Å². The highest BCUT2D eigenvalue weighted by Gasteiger charge is 2.58. The molecule has 2 heterocycles. The van der Waals surface area contributed by atoms with E-state index in [0.717, 1.165) is 37.1 Å². The molecule has 2 bridgehead atoms. The molecule has 4 nitrogen and oxygen atoms in total. The van der Waals surface area contributed by atoms with Crippen molar-refractivity contribution < 1.29 is 13.2 Å². The lowest BCUT2D eigenvalue weighted by molar-refractivity contribution is -0.137. The third-order valence-corrected chi connectivity index (χ3v) is 5.29. The monoisotopic (exact) mass is 336 g/mol. The maximum Gasteiger partial charge on any atom is 0.419 e. The summed E-state index contributed by atoms with van der Waals surface area (Å²) in [4.78, 5) is 8.34. The normalized spacial score (nSPS) is 25.5. The zero-order valence-corrected chi connectivity index (χ0v) is 13.6. The number of nitrogens with zero attached hydrogens (tertiary/aromatic N) is 3. The van der Waals surface area contributed by atoms with E-state index in [0.29, 0.717) is 11.3 Å². The van der Waals surface area contributed by atoms with Crippen LogP contribution in [0.5, 0.6) is 0 Å². The molecule has 24 heavy (non-hydrogen) atoms. The SMILES string of the molecule is CC(C)c1nc(-c2cnc(N)c(C(F)(F)F)c2)cn1C12CC(C1)C2. The number of rotatable bonds is 3. The summed E-state index contributed by atoms with van der Waals surface area (Å²) in [6.07, 6.45) is 2.18. The first-order valence-electron chi connectivity index (χ1n) is 8.12. The van der Waals surface area contributed by atoms with Gasteiger partial charge in [-0.2, -0.15) is 13.2 Å². The van der Waals surface area contributed by atoms with Crippen molar-refractivity contribution in [1.82, 2.24) is 14.5 Å². The zero-order chi connectivity index (χ0) is 17.3. The minimum absolute atomic E-state index is 0.142.